The van der Waals surface area contributed by atoms with Crippen LogP contribution in [0.5, 0.6) is 0 Å². The van der Waals surface area contributed by atoms with Crippen molar-refractivity contribution in [3.8, 4) is 0 Å². The second-order valence-corrected chi connectivity index (χ2v) is 8.12. The Morgan fingerprint density at radius 3 is 2.68 bits per heavy atom. The second-order valence-electron chi connectivity index (χ2n) is 6.60. The summed E-state index contributed by atoms with van der Waals surface area (Å²) < 4.78 is 0. The van der Waals surface area contributed by atoms with Gasteiger partial charge in [0.1, 0.15) is 12.1 Å². The van der Waals surface area contributed by atoms with Crippen LogP contribution in [-0.2, 0) is 11.2 Å². The minimum absolute atomic E-state index is 0.0942. The molecule has 1 aliphatic rings. The van der Waals surface area contributed by atoms with Gasteiger partial charge >= 0.3 is 0 Å². The zero-order chi connectivity index (χ0) is 22.1. The van der Waals surface area contributed by atoms with Gasteiger partial charge in [-0.05, 0) is 17.7 Å². The average Bonchev–Trinajstić information content (AvgIpc) is 3.27. The zero-order valence-corrected chi connectivity index (χ0v) is 17.3. The van der Waals surface area contributed by atoms with Crippen LogP contribution in [0.2, 0.25) is 5.02 Å². The molecule has 2 heterocycles. The van der Waals surface area contributed by atoms with Gasteiger partial charge in [-0.1, -0.05) is 35.9 Å². The molecule has 3 aromatic rings. The molecule has 2 aromatic carbocycles. The van der Waals surface area contributed by atoms with Gasteiger partial charge in [-0.15, -0.1) is 11.3 Å². The molecule has 0 bridgehead atoms. The number of amides is 3. The number of carbonyl (C=O) groups excluding carboxylic acids is 3. The van der Waals surface area contributed by atoms with Gasteiger partial charge in [0.15, 0.2) is 5.13 Å². The minimum Gasteiger partial charge on any atom is -0.300 e. The molecule has 1 N–H and O–H groups in total. The summed E-state index contributed by atoms with van der Waals surface area (Å²) in [5.41, 5.74) is 0.0473. The Hall–Kier alpha value is -3.63. The number of imide groups is 1. The van der Waals surface area contributed by atoms with Gasteiger partial charge in [0.2, 0.25) is 5.91 Å². The lowest BCUT2D eigenvalue weighted by Gasteiger charge is -2.12. The lowest BCUT2D eigenvalue weighted by molar-refractivity contribution is -0.385. The van der Waals surface area contributed by atoms with Crippen LogP contribution in [0, 0.1) is 10.1 Å². The van der Waals surface area contributed by atoms with E-state index in [4.69, 9.17) is 11.6 Å². The van der Waals surface area contributed by atoms with Gasteiger partial charge in [0.05, 0.1) is 10.5 Å². The number of nitrogens with zero attached hydrogens (tertiary/aromatic N) is 3. The van der Waals surface area contributed by atoms with Crippen molar-refractivity contribution in [3.63, 3.8) is 0 Å². The first-order chi connectivity index (χ1) is 14.8. The number of benzene rings is 2. The van der Waals surface area contributed by atoms with Gasteiger partial charge in [-0.2, -0.15) is 0 Å². The summed E-state index contributed by atoms with van der Waals surface area (Å²) in [6.07, 6.45) is 2.14. The molecule has 0 atom stereocenters. The maximum Gasteiger partial charge on any atom is 0.282 e. The molecule has 0 saturated heterocycles. The molecule has 9 nitrogen and oxygen atoms in total. The summed E-state index contributed by atoms with van der Waals surface area (Å²) >= 11 is 7.40. The van der Waals surface area contributed by atoms with E-state index in [1.54, 1.807) is 12.3 Å². The Bertz CT molecular complexity index is 1240. The van der Waals surface area contributed by atoms with Gasteiger partial charge in [0.25, 0.3) is 17.5 Å². The second kappa shape index (κ2) is 8.25. The first-order valence-corrected chi connectivity index (χ1v) is 10.2. The Kier molecular flexibility index (Phi) is 5.49. The van der Waals surface area contributed by atoms with Gasteiger partial charge in [-0.25, -0.2) is 4.98 Å². The highest BCUT2D eigenvalue weighted by molar-refractivity contribution is 7.15. The predicted molar refractivity (Wildman–Crippen MR) is 113 cm³/mol. The van der Waals surface area contributed by atoms with Crippen molar-refractivity contribution in [2.75, 3.05) is 11.9 Å². The summed E-state index contributed by atoms with van der Waals surface area (Å²) in [5.74, 6) is -2.27. The molecular formula is C20H13ClN4O5S. The summed E-state index contributed by atoms with van der Waals surface area (Å²) in [5, 5.41) is 14.6. The molecular weight excluding hydrogens is 444 g/mol. The molecule has 3 amide bonds. The van der Waals surface area contributed by atoms with E-state index in [0.717, 1.165) is 16.5 Å². The van der Waals surface area contributed by atoms with E-state index in [9.17, 15) is 24.5 Å². The lowest BCUT2D eigenvalue weighted by atomic mass is 10.1. The number of carbonyl (C=O) groups is 3. The third kappa shape index (κ3) is 4.03. The number of halogens is 1. The normalized spacial score (nSPS) is 12.7. The molecule has 0 fully saturated rings. The van der Waals surface area contributed by atoms with Gasteiger partial charge in [-0.3, -0.25) is 29.4 Å². The Balaban J connectivity index is 1.44. The van der Waals surface area contributed by atoms with E-state index in [-0.39, 0.29) is 11.1 Å². The van der Waals surface area contributed by atoms with E-state index in [0.29, 0.717) is 21.5 Å². The van der Waals surface area contributed by atoms with Crippen molar-refractivity contribution >= 4 is 51.5 Å². The number of fused-ring (bicyclic) bond motifs is 1. The number of nitrogens with one attached hydrogen (secondary N) is 1. The predicted octanol–water partition coefficient (Wildman–Crippen LogP) is 3.53. The fraction of sp³-hybridized carbons (Fsp3) is 0.100. The monoisotopic (exact) mass is 456 g/mol. The number of thiazole rings is 1. The van der Waals surface area contributed by atoms with Crippen LogP contribution in [0.4, 0.5) is 10.8 Å². The molecule has 4 rings (SSSR count). The highest BCUT2D eigenvalue weighted by Gasteiger charge is 2.41. The van der Waals surface area contributed by atoms with Crippen molar-refractivity contribution in [3.05, 3.63) is 85.4 Å². The van der Waals surface area contributed by atoms with Crippen LogP contribution in [0.15, 0.2) is 48.7 Å². The van der Waals surface area contributed by atoms with E-state index in [2.05, 4.69) is 10.3 Å². The van der Waals surface area contributed by atoms with Crippen LogP contribution >= 0.6 is 22.9 Å². The Morgan fingerprint density at radius 1 is 1.16 bits per heavy atom. The SMILES string of the molecule is O=C(CN1C(=O)c2cccc([N+](=O)[O-])c2C1=O)Nc1ncc(Cc2ccccc2Cl)s1. The number of rotatable bonds is 6. The van der Waals surface area contributed by atoms with Crippen LogP contribution < -0.4 is 5.32 Å². The first-order valence-electron chi connectivity index (χ1n) is 8.96. The minimum atomic E-state index is -0.874. The Morgan fingerprint density at radius 2 is 1.94 bits per heavy atom. The number of nitro benzene ring substituents is 1. The van der Waals surface area contributed by atoms with E-state index < -0.39 is 34.9 Å². The van der Waals surface area contributed by atoms with Crippen molar-refractivity contribution in [2.45, 2.75) is 6.42 Å². The van der Waals surface area contributed by atoms with E-state index in [1.807, 2.05) is 18.2 Å². The molecule has 156 valence electrons. The van der Waals surface area contributed by atoms with Crippen molar-refractivity contribution in [1.29, 1.82) is 0 Å². The fourth-order valence-corrected chi connectivity index (χ4v) is 4.24. The first kappa shape index (κ1) is 20.6. The van der Waals surface area contributed by atoms with E-state index in [1.165, 1.54) is 23.5 Å². The van der Waals surface area contributed by atoms with Crippen LogP contribution in [0.25, 0.3) is 0 Å². The number of anilines is 1. The number of aromatic nitrogens is 1. The van der Waals surface area contributed by atoms with Crippen molar-refractivity contribution < 1.29 is 19.3 Å². The number of hydrogen-bond donors (Lipinski definition) is 1. The average molecular weight is 457 g/mol. The van der Waals surface area contributed by atoms with E-state index >= 15 is 0 Å². The molecule has 0 saturated carbocycles. The maximum atomic E-state index is 12.6. The van der Waals surface area contributed by atoms with Crippen molar-refractivity contribution in [2.24, 2.45) is 0 Å². The number of hydrogen-bond acceptors (Lipinski definition) is 7. The Labute approximate surface area is 184 Å². The highest BCUT2D eigenvalue weighted by Crippen LogP contribution is 2.31. The molecule has 0 aliphatic carbocycles. The van der Waals surface area contributed by atoms with Crippen molar-refractivity contribution in [1.82, 2.24) is 9.88 Å². The highest BCUT2D eigenvalue weighted by atomic mass is 35.5. The van der Waals surface area contributed by atoms with Gasteiger partial charge < -0.3 is 5.32 Å². The van der Waals surface area contributed by atoms with Crippen LogP contribution in [0.1, 0.15) is 31.2 Å². The molecule has 0 spiro atoms. The molecule has 0 radical (unpaired) electrons. The molecule has 0 unspecified atom stereocenters. The third-order valence-electron chi connectivity index (χ3n) is 4.60. The summed E-state index contributed by atoms with van der Waals surface area (Å²) in [6, 6.07) is 11.2. The van der Waals surface area contributed by atoms with Gasteiger partial charge in [0, 0.05) is 28.6 Å². The lowest BCUT2D eigenvalue weighted by Crippen LogP contribution is -2.37. The molecule has 31 heavy (non-hydrogen) atoms. The zero-order valence-electron chi connectivity index (χ0n) is 15.7. The standard InChI is InChI=1S/C20H13ClN4O5S/c21-14-6-2-1-4-11(14)8-12-9-22-20(31-12)23-16(26)10-24-18(27)13-5-3-7-15(25(29)30)17(13)19(24)28/h1-7,9H,8,10H2,(H,22,23,26). The molecule has 1 aromatic heterocycles. The largest absolute Gasteiger partial charge is 0.300 e. The fourth-order valence-electron chi connectivity index (χ4n) is 3.19. The summed E-state index contributed by atoms with van der Waals surface area (Å²) in [4.78, 5) is 53.6. The third-order valence-corrected chi connectivity index (χ3v) is 5.88. The molecule has 1 aliphatic heterocycles. The topological polar surface area (TPSA) is 123 Å². The van der Waals surface area contributed by atoms with Crippen LogP contribution in [-0.4, -0.2) is 39.1 Å². The smallest absolute Gasteiger partial charge is 0.282 e. The quantitative estimate of drug-likeness (QED) is 0.344. The summed E-state index contributed by atoms with van der Waals surface area (Å²) in [6.45, 7) is -0.580. The number of nitro groups is 1. The van der Waals surface area contributed by atoms with Crippen LogP contribution in [0.3, 0.4) is 0 Å². The maximum absolute atomic E-state index is 12.6. The molecule has 11 heteroatoms. The summed E-state index contributed by atoms with van der Waals surface area (Å²) in [7, 11) is 0.